The fraction of sp³-hybridized carbons (Fsp3) is 0.615. The zero-order valence-corrected chi connectivity index (χ0v) is 22.0. The highest BCUT2D eigenvalue weighted by Gasteiger charge is 2.33. The summed E-state index contributed by atoms with van der Waals surface area (Å²) in [5.74, 6) is -0.630. The maximum absolute atomic E-state index is 13.5. The first-order valence-electron chi connectivity index (χ1n) is 12.4. The van der Waals surface area contributed by atoms with Crippen molar-refractivity contribution in [1.82, 2.24) is 9.47 Å². The predicted molar refractivity (Wildman–Crippen MR) is 132 cm³/mol. The highest BCUT2D eigenvalue weighted by atomic mass is 32.1. The van der Waals surface area contributed by atoms with Crippen molar-refractivity contribution in [2.75, 3.05) is 26.8 Å². The minimum Gasteiger partial charge on any atom is -0.491 e. The molecule has 0 spiro atoms. The lowest BCUT2D eigenvalue weighted by Crippen LogP contribution is -2.31. The highest BCUT2D eigenvalue weighted by Crippen LogP contribution is 2.33. The van der Waals surface area contributed by atoms with E-state index in [4.69, 9.17) is 9.47 Å². The third-order valence-corrected chi connectivity index (χ3v) is 7.68. The van der Waals surface area contributed by atoms with Crippen LogP contribution in [-0.2, 0) is 22.9 Å². The van der Waals surface area contributed by atoms with Crippen LogP contribution in [0, 0.1) is 0 Å². The van der Waals surface area contributed by atoms with Crippen LogP contribution in [0.15, 0.2) is 28.6 Å². The van der Waals surface area contributed by atoms with Gasteiger partial charge >= 0.3 is 6.18 Å². The third-order valence-electron chi connectivity index (χ3n) is 6.81. The van der Waals surface area contributed by atoms with Crippen LogP contribution in [-0.4, -0.2) is 54.3 Å². The quantitative estimate of drug-likeness (QED) is 0.517. The normalized spacial score (nSPS) is 21.9. The lowest BCUT2D eigenvalue weighted by molar-refractivity contribution is -0.137. The first kappa shape index (κ1) is 26.9. The molecule has 0 radical (unpaired) electrons. The number of likely N-dealkylation sites (tertiary alicyclic amines) is 1. The lowest BCUT2D eigenvalue weighted by Gasteiger charge is -2.22. The molecule has 2 aliphatic rings. The van der Waals surface area contributed by atoms with Gasteiger partial charge in [0, 0.05) is 29.1 Å². The largest absolute Gasteiger partial charge is 0.491 e. The monoisotopic (exact) mass is 525 g/mol. The Bertz CT molecular complexity index is 1140. The number of aromatic nitrogens is 1. The number of benzene rings is 1. The van der Waals surface area contributed by atoms with Crippen molar-refractivity contribution in [3.63, 3.8) is 0 Å². The van der Waals surface area contributed by atoms with Gasteiger partial charge in [0.15, 0.2) is 4.80 Å². The van der Waals surface area contributed by atoms with Crippen molar-refractivity contribution in [2.24, 2.45) is 4.99 Å². The summed E-state index contributed by atoms with van der Waals surface area (Å²) < 4.78 is 54.2. The Morgan fingerprint density at radius 3 is 2.61 bits per heavy atom. The van der Waals surface area contributed by atoms with E-state index in [-0.39, 0.29) is 28.9 Å². The van der Waals surface area contributed by atoms with Crippen molar-refractivity contribution in [1.29, 1.82) is 0 Å². The molecule has 3 heterocycles. The molecule has 1 aromatic heterocycles. The molecule has 10 heteroatoms. The smallest absolute Gasteiger partial charge is 0.416 e. The molecule has 0 bridgehead atoms. The molecule has 36 heavy (non-hydrogen) atoms. The third kappa shape index (κ3) is 6.20. The Morgan fingerprint density at radius 2 is 2.00 bits per heavy atom. The second-order valence-electron chi connectivity index (χ2n) is 10.6. The molecule has 4 rings (SSSR count). The Kier molecular flexibility index (Phi) is 7.97. The van der Waals surface area contributed by atoms with Gasteiger partial charge in [0.2, 0.25) is 0 Å². The van der Waals surface area contributed by atoms with Crippen LogP contribution in [0.25, 0.3) is 0 Å². The SMILES string of the molecule is CN1CCC[C@H]1COc1ccc(C(F)(F)F)cc1C(=O)/N=c1\scc(C(C)(C)C)n1C[C@H]1CCCO1. The maximum atomic E-state index is 13.5. The molecule has 0 unspecified atom stereocenters. The van der Waals surface area contributed by atoms with Crippen LogP contribution in [0.2, 0.25) is 0 Å². The van der Waals surface area contributed by atoms with Gasteiger partial charge in [-0.3, -0.25) is 4.79 Å². The van der Waals surface area contributed by atoms with E-state index in [1.165, 1.54) is 17.4 Å². The number of nitrogens with zero attached hydrogens (tertiary/aromatic N) is 3. The second kappa shape index (κ2) is 10.7. The number of carbonyl (C=O) groups is 1. The minimum atomic E-state index is -4.58. The van der Waals surface area contributed by atoms with Crippen LogP contribution < -0.4 is 9.54 Å². The molecule has 1 aromatic carbocycles. The molecule has 2 aromatic rings. The standard InChI is InChI=1S/C26H34F3N3O3S/c1-25(2,3)22-16-36-24(32(22)14-19-8-6-12-34-19)30-23(33)20-13-17(26(27,28)29)9-10-21(20)35-15-18-7-5-11-31(18)4/h9-10,13,16,18-19H,5-8,11-12,14-15H2,1-4H3/b30-24-/t18-,19+/m0/s1. The topological polar surface area (TPSA) is 56.1 Å². The number of likely N-dealkylation sites (N-methyl/N-ethyl adjacent to an activating group) is 1. The molecule has 2 saturated heterocycles. The molecule has 2 aliphatic heterocycles. The Labute approximate surface area is 213 Å². The highest BCUT2D eigenvalue weighted by molar-refractivity contribution is 7.07. The van der Waals surface area contributed by atoms with Gasteiger partial charge in [-0.25, -0.2) is 0 Å². The summed E-state index contributed by atoms with van der Waals surface area (Å²) in [7, 11) is 1.99. The second-order valence-corrected chi connectivity index (χ2v) is 11.4. The predicted octanol–water partition coefficient (Wildman–Crippen LogP) is 5.26. The van der Waals surface area contributed by atoms with E-state index in [0.29, 0.717) is 24.6 Å². The Balaban J connectivity index is 1.70. The molecule has 2 fully saturated rings. The molecule has 0 N–H and O–H groups in total. The fourth-order valence-electron chi connectivity index (χ4n) is 4.70. The van der Waals surface area contributed by atoms with Gasteiger partial charge in [-0.2, -0.15) is 18.2 Å². The number of ether oxygens (including phenoxy) is 2. The summed E-state index contributed by atoms with van der Waals surface area (Å²) in [5, 5.41) is 1.96. The zero-order chi connectivity index (χ0) is 26.1. The van der Waals surface area contributed by atoms with E-state index in [1.54, 1.807) is 0 Å². The number of halogens is 3. The van der Waals surface area contributed by atoms with Gasteiger partial charge in [-0.15, -0.1) is 11.3 Å². The van der Waals surface area contributed by atoms with E-state index in [9.17, 15) is 18.0 Å². The van der Waals surface area contributed by atoms with Gasteiger partial charge in [0.1, 0.15) is 12.4 Å². The molecule has 2 atom stereocenters. The van der Waals surface area contributed by atoms with E-state index in [1.807, 2.05) is 17.0 Å². The summed E-state index contributed by atoms with van der Waals surface area (Å²) >= 11 is 1.31. The average Bonchev–Trinajstić information content (AvgIpc) is 3.54. The lowest BCUT2D eigenvalue weighted by atomic mass is 9.93. The van der Waals surface area contributed by atoms with Gasteiger partial charge in [0.05, 0.1) is 23.8 Å². The Hall–Kier alpha value is -2.17. The first-order chi connectivity index (χ1) is 16.9. The zero-order valence-electron chi connectivity index (χ0n) is 21.2. The number of hydrogen-bond donors (Lipinski definition) is 0. The van der Waals surface area contributed by atoms with Crippen molar-refractivity contribution < 1.29 is 27.4 Å². The van der Waals surface area contributed by atoms with Gasteiger partial charge in [-0.05, 0) is 57.5 Å². The number of rotatable bonds is 6. The minimum absolute atomic E-state index is 0.0191. The van der Waals surface area contributed by atoms with Crippen molar-refractivity contribution in [3.8, 4) is 5.75 Å². The average molecular weight is 526 g/mol. The van der Waals surface area contributed by atoms with Crippen LogP contribution in [0.3, 0.4) is 0 Å². The molecular weight excluding hydrogens is 491 g/mol. The van der Waals surface area contributed by atoms with Gasteiger partial charge in [0.25, 0.3) is 5.91 Å². The number of alkyl halides is 3. The Morgan fingerprint density at radius 1 is 1.22 bits per heavy atom. The fourth-order valence-corrected chi connectivity index (χ4v) is 5.83. The van der Waals surface area contributed by atoms with Crippen LogP contribution in [0.4, 0.5) is 13.2 Å². The van der Waals surface area contributed by atoms with Crippen LogP contribution in [0.1, 0.15) is 68.1 Å². The number of thiazole rings is 1. The van der Waals surface area contributed by atoms with Gasteiger partial charge in [-0.1, -0.05) is 20.8 Å². The molecule has 6 nitrogen and oxygen atoms in total. The molecular formula is C26H34F3N3O3S. The molecule has 0 aliphatic carbocycles. The van der Waals surface area contributed by atoms with E-state index < -0.39 is 17.6 Å². The number of carbonyl (C=O) groups excluding carboxylic acids is 1. The van der Waals surface area contributed by atoms with Crippen molar-refractivity contribution in [3.05, 3.63) is 45.2 Å². The molecule has 1 amide bonds. The number of hydrogen-bond acceptors (Lipinski definition) is 5. The summed E-state index contributed by atoms with van der Waals surface area (Å²) in [6, 6.07) is 3.19. The summed E-state index contributed by atoms with van der Waals surface area (Å²) in [4.78, 5) is 20.3. The van der Waals surface area contributed by atoms with E-state index in [2.05, 4.69) is 30.7 Å². The van der Waals surface area contributed by atoms with Crippen LogP contribution in [0.5, 0.6) is 5.75 Å². The molecule has 0 saturated carbocycles. The van der Waals surface area contributed by atoms with E-state index in [0.717, 1.165) is 50.1 Å². The molecule has 198 valence electrons. The maximum Gasteiger partial charge on any atom is 0.416 e. The summed E-state index contributed by atoms with van der Waals surface area (Å²) in [5.41, 5.74) is -0.289. The summed E-state index contributed by atoms with van der Waals surface area (Å²) in [6.07, 6.45) is -0.684. The number of amides is 1. The van der Waals surface area contributed by atoms with Gasteiger partial charge < -0.3 is 18.9 Å². The first-order valence-corrected chi connectivity index (χ1v) is 13.2. The summed E-state index contributed by atoms with van der Waals surface area (Å²) in [6.45, 7) is 8.72. The van der Waals surface area contributed by atoms with E-state index >= 15 is 0 Å². The van der Waals surface area contributed by atoms with Crippen LogP contribution >= 0.6 is 11.3 Å². The van der Waals surface area contributed by atoms with Crippen molar-refractivity contribution >= 4 is 17.2 Å². The van der Waals surface area contributed by atoms with Crippen molar-refractivity contribution in [2.45, 2.75) is 76.7 Å².